The number of thioether (sulfide) groups is 1. The van der Waals surface area contributed by atoms with E-state index in [1.807, 2.05) is 38.1 Å². The Morgan fingerprint density at radius 2 is 1.77 bits per heavy atom. The molecular formula is C20H23ClN2O2S. The molecule has 0 aliphatic carbocycles. The molecule has 26 heavy (non-hydrogen) atoms. The molecule has 138 valence electrons. The van der Waals surface area contributed by atoms with Crippen LogP contribution < -0.4 is 10.6 Å². The number of carbonyl (C=O) groups excluding carboxylic acids is 2. The fourth-order valence-electron chi connectivity index (χ4n) is 2.34. The molecule has 2 N–H and O–H groups in total. The average Bonchev–Trinajstić information content (AvgIpc) is 2.62. The highest BCUT2D eigenvalue weighted by Gasteiger charge is 2.18. The molecule has 2 aromatic rings. The Balaban J connectivity index is 2.01. The number of hydrogen-bond donors (Lipinski definition) is 2. The van der Waals surface area contributed by atoms with Crippen LogP contribution in [-0.4, -0.2) is 17.1 Å². The number of benzene rings is 2. The van der Waals surface area contributed by atoms with Gasteiger partial charge < -0.3 is 10.6 Å². The third-order valence-electron chi connectivity index (χ3n) is 3.65. The summed E-state index contributed by atoms with van der Waals surface area (Å²) in [6.07, 6.45) is 2.00. The maximum Gasteiger partial charge on any atom is 0.237 e. The van der Waals surface area contributed by atoms with Crippen LogP contribution >= 0.6 is 23.4 Å². The Morgan fingerprint density at radius 3 is 2.42 bits per heavy atom. The lowest BCUT2D eigenvalue weighted by Crippen LogP contribution is -2.24. The van der Waals surface area contributed by atoms with E-state index in [1.165, 1.54) is 11.8 Å². The number of nitrogens with one attached hydrogen (secondary N) is 2. The lowest BCUT2D eigenvalue weighted by Gasteiger charge is -2.15. The molecule has 0 aliphatic heterocycles. The number of halogens is 1. The summed E-state index contributed by atoms with van der Waals surface area (Å²) in [5, 5.41) is 6.20. The van der Waals surface area contributed by atoms with E-state index < -0.39 is 0 Å². The van der Waals surface area contributed by atoms with Crippen molar-refractivity contribution in [2.75, 3.05) is 10.6 Å². The second kappa shape index (κ2) is 10.2. The van der Waals surface area contributed by atoms with Crippen LogP contribution in [0.1, 0.15) is 33.1 Å². The van der Waals surface area contributed by atoms with Gasteiger partial charge in [-0.05, 0) is 55.3 Å². The number of hydrogen-bond acceptors (Lipinski definition) is 3. The minimum absolute atomic E-state index is 0.00201. The molecular weight excluding hydrogens is 368 g/mol. The Kier molecular flexibility index (Phi) is 8.01. The highest BCUT2D eigenvalue weighted by Crippen LogP contribution is 2.28. The minimum atomic E-state index is -0.229. The van der Waals surface area contributed by atoms with Crippen LogP contribution in [0.5, 0.6) is 0 Å². The Labute approximate surface area is 163 Å². The van der Waals surface area contributed by atoms with Crippen LogP contribution in [0.4, 0.5) is 11.4 Å². The normalized spacial score (nSPS) is 11.7. The molecule has 0 fully saturated rings. The molecule has 0 saturated carbocycles. The van der Waals surface area contributed by atoms with Gasteiger partial charge >= 0.3 is 0 Å². The summed E-state index contributed by atoms with van der Waals surface area (Å²) in [7, 11) is 0. The van der Waals surface area contributed by atoms with Gasteiger partial charge in [0.2, 0.25) is 11.8 Å². The molecule has 0 saturated heterocycles. The molecule has 1 unspecified atom stereocenters. The molecule has 0 heterocycles. The summed E-state index contributed by atoms with van der Waals surface area (Å²) in [4.78, 5) is 25.2. The van der Waals surface area contributed by atoms with Gasteiger partial charge in [0, 0.05) is 27.7 Å². The third-order valence-corrected chi connectivity index (χ3v) is 5.26. The molecule has 0 bridgehead atoms. The number of anilines is 2. The van der Waals surface area contributed by atoms with Gasteiger partial charge in [-0.3, -0.25) is 9.59 Å². The van der Waals surface area contributed by atoms with Gasteiger partial charge in [0.1, 0.15) is 0 Å². The van der Waals surface area contributed by atoms with E-state index in [4.69, 9.17) is 11.6 Å². The molecule has 2 aromatic carbocycles. The maximum atomic E-state index is 12.5. The monoisotopic (exact) mass is 390 g/mol. The molecule has 0 aromatic heterocycles. The molecule has 1 atom stereocenters. The standard InChI is InChI=1S/C20H23ClN2O2S/c1-3-6-19(24)22-16-7-5-8-17(13-16)26-18(4-2)20(25)23-15-11-9-14(21)10-12-15/h5,7-13,18H,3-4,6H2,1-2H3,(H,22,24)(H,23,25). The lowest BCUT2D eigenvalue weighted by molar-refractivity contribution is -0.116. The van der Waals surface area contributed by atoms with Crippen LogP contribution in [0.3, 0.4) is 0 Å². The van der Waals surface area contributed by atoms with E-state index in [2.05, 4.69) is 10.6 Å². The first-order valence-electron chi connectivity index (χ1n) is 8.64. The van der Waals surface area contributed by atoms with Gasteiger partial charge in [-0.1, -0.05) is 31.5 Å². The molecule has 0 spiro atoms. The fourth-order valence-corrected chi connectivity index (χ4v) is 3.48. The Morgan fingerprint density at radius 1 is 1.04 bits per heavy atom. The number of amides is 2. The van der Waals surface area contributed by atoms with E-state index in [0.717, 1.165) is 22.7 Å². The highest BCUT2D eigenvalue weighted by molar-refractivity contribution is 8.00. The van der Waals surface area contributed by atoms with Gasteiger partial charge in [-0.25, -0.2) is 0 Å². The maximum absolute atomic E-state index is 12.5. The molecule has 2 rings (SSSR count). The van der Waals surface area contributed by atoms with Gasteiger partial charge in [0.05, 0.1) is 5.25 Å². The van der Waals surface area contributed by atoms with Gasteiger partial charge in [-0.2, -0.15) is 0 Å². The molecule has 0 radical (unpaired) electrons. The van der Waals surface area contributed by atoms with Crippen molar-refractivity contribution in [3.05, 3.63) is 53.6 Å². The summed E-state index contributed by atoms with van der Waals surface area (Å²) in [6, 6.07) is 14.6. The van der Waals surface area contributed by atoms with Crippen molar-refractivity contribution in [2.45, 2.75) is 43.3 Å². The van der Waals surface area contributed by atoms with Crippen LogP contribution in [0.15, 0.2) is 53.4 Å². The van der Waals surface area contributed by atoms with E-state index in [-0.39, 0.29) is 17.1 Å². The molecule has 0 aliphatic rings. The zero-order chi connectivity index (χ0) is 18.9. The van der Waals surface area contributed by atoms with E-state index in [1.54, 1.807) is 24.3 Å². The second-order valence-electron chi connectivity index (χ2n) is 5.84. The van der Waals surface area contributed by atoms with Crippen molar-refractivity contribution in [3.8, 4) is 0 Å². The van der Waals surface area contributed by atoms with Crippen molar-refractivity contribution >= 4 is 46.6 Å². The first-order chi connectivity index (χ1) is 12.5. The van der Waals surface area contributed by atoms with Crippen LogP contribution in [-0.2, 0) is 9.59 Å². The topological polar surface area (TPSA) is 58.2 Å². The van der Waals surface area contributed by atoms with Crippen molar-refractivity contribution < 1.29 is 9.59 Å². The lowest BCUT2D eigenvalue weighted by atomic mass is 10.2. The van der Waals surface area contributed by atoms with E-state index in [0.29, 0.717) is 17.9 Å². The Bertz CT molecular complexity index is 750. The number of carbonyl (C=O) groups is 2. The van der Waals surface area contributed by atoms with Crippen LogP contribution in [0.2, 0.25) is 5.02 Å². The average molecular weight is 391 g/mol. The zero-order valence-corrected chi connectivity index (χ0v) is 16.5. The summed E-state index contributed by atoms with van der Waals surface area (Å²) in [5.41, 5.74) is 1.47. The first-order valence-corrected chi connectivity index (χ1v) is 9.90. The third kappa shape index (κ3) is 6.39. The van der Waals surface area contributed by atoms with Gasteiger partial charge in [0.25, 0.3) is 0 Å². The molecule has 4 nitrogen and oxygen atoms in total. The number of rotatable bonds is 8. The summed E-state index contributed by atoms with van der Waals surface area (Å²) in [6.45, 7) is 3.95. The summed E-state index contributed by atoms with van der Waals surface area (Å²) >= 11 is 7.35. The van der Waals surface area contributed by atoms with Gasteiger partial charge in [0.15, 0.2) is 0 Å². The van der Waals surface area contributed by atoms with Crippen molar-refractivity contribution in [1.29, 1.82) is 0 Å². The van der Waals surface area contributed by atoms with E-state index >= 15 is 0 Å². The quantitative estimate of drug-likeness (QED) is 0.578. The van der Waals surface area contributed by atoms with Crippen molar-refractivity contribution in [3.63, 3.8) is 0 Å². The zero-order valence-electron chi connectivity index (χ0n) is 14.9. The predicted molar refractivity (Wildman–Crippen MR) is 110 cm³/mol. The van der Waals surface area contributed by atoms with Crippen LogP contribution in [0, 0.1) is 0 Å². The van der Waals surface area contributed by atoms with Crippen LogP contribution in [0.25, 0.3) is 0 Å². The smallest absolute Gasteiger partial charge is 0.237 e. The fraction of sp³-hybridized carbons (Fsp3) is 0.300. The molecule has 6 heteroatoms. The summed E-state index contributed by atoms with van der Waals surface area (Å²) in [5.74, 6) is -0.0533. The Hall–Kier alpha value is -1.98. The van der Waals surface area contributed by atoms with Crippen molar-refractivity contribution in [1.82, 2.24) is 0 Å². The largest absolute Gasteiger partial charge is 0.326 e. The first kappa shape index (κ1) is 20.3. The highest BCUT2D eigenvalue weighted by atomic mass is 35.5. The SMILES string of the molecule is CCCC(=O)Nc1cccc(SC(CC)C(=O)Nc2ccc(Cl)cc2)c1. The minimum Gasteiger partial charge on any atom is -0.326 e. The van der Waals surface area contributed by atoms with Crippen molar-refractivity contribution in [2.24, 2.45) is 0 Å². The molecule has 2 amide bonds. The predicted octanol–water partition coefficient (Wildman–Crippen LogP) is 5.59. The second-order valence-corrected chi connectivity index (χ2v) is 7.55. The summed E-state index contributed by atoms with van der Waals surface area (Å²) < 4.78 is 0. The van der Waals surface area contributed by atoms with Gasteiger partial charge in [-0.15, -0.1) is 11.8 Å². The van der Waals surface area contributed by atoms with E-state index in [9.17, 15) is 9.59 Å².